The van der Waals surface area contributed by atoms with Crippen LogP contribution in [0.5, 0.6) is 0 Å². The molecule has 0 saturated heterocycles. The van der Waals surface area contributed by atoms with Crippen LogP contribution in [0.25, 0.3) is 10.8 Å². The van der Waals surface area contributed by atoms with E-state index in [0.29, 0.717) is 16.9 Å². The van der Waals surface area contributed by atoms with Crippen molar-refractivity contribution in [3.05, 3.63) is 114 Å². The summed E-state index contributed by atoms with van der Waals surface area (Å²) in [6.07, 6.45) is 0. The van der Waals surface area contributed by atoms with Crippen molar-refractivity contribution in [2.24, 2.45) is 20.5 Å². The van der Waals surface area contributed by atoms with Crippen LogP contribution in [0.1, 0.15) is 16.7 Å². The number of pyridine rings is 1. The molecule has 6 rings (SSSR count). The summed E-state index contributed by atoms with van der Waals surface area (Å²) in [5, 5.41) is 42.6. The second-order valence-corrected chi connectivity index (χ2v) is 14.5. The van der Waals surface area contributed by atoms with Crippen molar-refractivity contribution in [3.63, 3.8) is 0 Å². The van der Waals surface area contributed by atoms with Crippen LogP contribution in [-0.4, -0.2) is 30.9 Å². The zero-order valence-electron chi connectivity index (χ0n) is 28.5. The third-order valence-electron chi connectivity index (χ3n) is 7.37. The van der Waals surface area contributed by atoms with Gasteiger partial charge in [-0.15, -0.1) is 20.5 Å². The van der Waals surface area contributed by atoms with Crippen LogP contribution < -0.4 is 48.4 Å². The standard InChI is InChI=1S/C34H23N9O6S3.2Li/c1-20-27(19-36)32(37-22-9-4-2-5-10-22)39-33(38-23-11-6-3-7-12-23)31(20)42-43-34-21(18-35)15-30(50-34)41-40-24-16-26-25(29(17-24)52(47,48)49)13-8-14-28(26)51(44,45)46;;/h2-17H,1H3,(H2,37,38,39)(H,44,45,46)(H,47,48,49);;/q;2*+1/p-2. The predicted octanol–water partition coefficient (Wildman–Crippen LogP) is 2.48. The largest absolute Gasteiger partial charge is 1.00 e. The Morgan fingerprint density at radius 2 is 1.30 bits per heavy atom. The number of fused-ring (bicyclic) bond motifs is 1. The molecule has 0 bridgehead atoms. The zero-order chi connectivity index (χ0) is 37.0. The average molecular weight is 762 g/mol. The average Bonchev–Trinajstić information content (AvgIpc) is 3.52. The molecule has 0 unspecified atom stereocenters. The minimum absolute atomic E-state index is 0. The summed E-state index contributed by atoms with van der Waals surface area (Å²) >= 11 is 0.887. The molecule has 0 aliphatic carbocycles. The van der Waals surface area contributed by atoms with E-state index in [2.05, 4.69) is 42.1 Å². The van der Waals surface area contributed by atoms with E-state index < -0.39 is 30.0 Å². The molecule has 2 aromatic heterocycles. The number of azo groups is 2. The number of rotatable bonds is 10. The monoisotopic (exact) mass is 761 g/mol. The van der Waals surface area contributed by atoms with Gasteiger partial charge in [0.2, 0.25) is 0 Å². The molecular weight excluding hydrogens is 741 g/mol. The SMILES string of the molecule is Cc1c(C#N)c(Nc2ccccc2)nc(Nc2ccccc2)c1N=Nc1sc(N=Nc2cc(S(=O)(=O)[O-])c3cccc(S(=O)(=O)[O-])c3c2)cc1C#N.[Li+].[Li+]. The molecule has 0 aliphatic rings. The maximum atomic E-state index is 12.1. The summed E-state index contributed by atoms with van der Waals surface area (Å²) in [6.45, 7) is 1.68. The van der Waals surface area contributed by atoms with E-state index in [1.54, 1.807) is 6.92 Å². The van der Waals surface area contributed by atoms with Gasteiger partial charge in [-0.1, -0.05) is 59.9 Å². The van der Waals surface area contributed by atoms with Crippen LogP contribution in [0.4, 0.5) is 44.4 Å². The molecule has 54 heavy (non-hydrogen) atoms. The topological polar surface area (TPSA) is 248 Å². The van der Waals surface area contributed by atoms with Crippen molar-refractivity contribution in [1.29, 1.82) is 10.5 Å². The van der Waals surface area contributed by atoms with Crippen molar-refractivity contribution in [2.45, 2.75) is 16.7 Å². The molecule has 4 aromatic carbocycles. The van der Waals surface area contributed by atoms with Crippen molar-refractivity contribution in [2.75, 3.05) is 10.6 Å². The van der Waals surface area contributed by atoms with Gasteiger partial charge in [0.05, 0.1) is 26.6 Å². The normalized spacial score (nSPS) is 11.4. The van der Waals surface area contributed by atoms with E-state index in [0.717, 1.165) is 35.6 Å². The minimum Gasteiger partial charge on any atom is -0.744 e. The number of aromatic nitrogens is 1. The molecule has 6 aromatic rings. The molecule has 0 saturated carbocycles. The Morgan fingerprint density at radius 3 is 1.87 bits per heavy atom. The first kappa shape index (κ1) is 41.5. The van der Waals surface area contributed by atoms with Gasteiger partial charge in [-0.2, -0.15) is 10.5 Å². The van der Waals surface area contributed by atoms with Gasteiger partial charge >= 0.3 is 37.7 Å². The fraction of sp³-hybridized carbons (Fsp3) is 0.0294. The molecule has 0 amide bonds. The molecule has 0 radical (unpaired) electrons. The van der Waals surface area contributed by atoms with Gasteiger partial charge in [0.15, 0.2) is 16.6 Å². The van der Waals surface area contributed by atoms with Crippen molar-refractivity contribution < 1.29 is 63.7 Å². The Balaban J connectivity index is 0.00000325. The van der Waals surface area contributed by atoms with Crippen LogP contribution in [-0.2, 0) is 20.2 Å². The molecule has 2 heterocycles. The number of hydrogen-bond donors (Lipinski definition) is 2. The van der Waals surface area contributed by atoms with Gasteiger partial charge in [0.1, 0.15) is 43.1 Å². The third-order valence-corrected chi connectivity index (χ3v) is 10.0. The summed E-state index contributed by atoms with van der Waals surface area (Å²) in [4.78, 5) is 3.13. The van der Waals surface area contributed by atoms with Crippen molar-refractivity contribution >= 4 is 86.7 Å². The summed E-state index contributed by atoms with van der Waals surface area (Å²) in [7, 11) is -10.2. The van der Waals surface area contributed by atoms with Crippen LogP contribution in [0.15, 0.2) is 127 Å². The van der Waals surface area contributed by atoms with E-state index in [4.69, 9.17) is 0 Å². The second kappa shape index (κ2) is 17.3. The number of nitrogens with zero attached hydrogens (tertiary/aromatic N) is 7. The van der Waals surface area contributed by atoms with Gasteiger partial charge in [0.25, 0.3) is 0 Å². The quantitative estimate of drug-likeness (QED) is 0.117. The molecule has 258 valence electrons. The van der Waals surface area contributed by atoms with Gasteiger partial charge in [-0.25, -0.2) is 21.8 Å². The fourth-order valence-corrected chi connectivity index (χ4v) is 7.16. The molecule has 15 nitrogen and oxygen atoms in total. The van der Waals surface area contributed by atoms with Crippen LogP contribution in [0.3, 0.4) is 0 Å². The maximum absolute atomic E-state index is 12.1. The maximum Gasteiger partial charge on any atom is 1.00 e. The van der Waals surface area contributed by atoms with E-state index >= 15 is 0 Å². The molecule has 0 fully saturated rings. The molecular formula is C34H21Li2N9O6S3. The van der Waals surface area contributed by atoms with Crippen molar-refractivity contribution in [1.82, 2.24) is 4.98 Å². The fourth-order valence-electron chi connectivity index (χ4n) is 5.01. The van der Waals surface area contributed by atoms with E-state index in [9.17, 15) is 36.5 Å². The Morgan fingerprint density at radius 1 is 0.685 bits per heavy atom. The number of anilines is 4. The van der Waals surface area contributed by atoms with Gasteiger partial charge < -0.3 is 19.7 Å². The smallest absolute Gasteiger partial charge is 0.744 e. The van der Waals surface area contributed by atoms with Gasteiger partial charge in [-0.3, -0.25) is 0 Å². The van der Waals surface area contributed by atoms with Gasteiger partial charge in [0, 0.05) is 27.7 Å². The Kier molecular flexibility index (Phi) is 13.3. The molecule has 0 atom stereocenters. The molecule has 0 spiro atoms. The zero-order valence-corrected chi connectivity index (χ0v) is 31.0. The van der Waals surface area contributed by atoms with Crippen molar-refractivity contribution in [3.8, 4) is 12.1 Å². The number of benzene rings is 4. The van der Waals surface area contributed by atoms with E-state index in [1.165, 1.54) is 12.1 Å². The van der Waals surface area contributed by atoms with E-state index in [-0.39, 0.29) is 92.6 Å². The Labute approximate surface area is 337 Å². The minimum atomic E-state index is -5.14. The first-order valence-corrected chi connectivity index (χ1v) is 18.4. The number of thiophene rings is 1. The number of para-hydroxylation sites is 2. The Hall–Kier alpha value is -5.22. The third kappa shape index (κ3) is 9.28. The van der Waals surface area contributed by atoms with Crippen LogP contribution >= 0.6 is 11.3 Å². The summed E-state index contributed by atoms with van der Waals surface area (Å²) in [6, 6.07) is 29.1. The molecule has 20 heteroatoms. The van der Waals surface area contributed by atoms with E-state index in [1.807, 2.05) is 66.7 Å². The first-order valence-electron chi connectivity index (χ1n) is 14.8. The molecule has 0 aliphatic heterocycles. The van der Waals surface area contributed by atoms with Crippen LogP contribution in [0.2, 0.25) is 0 Å². The predicted molar refractivity (Wildman–Crippen MR) is 190 cm³/mol. The Bertz CT molecular complexity index is 2740. The number of hydrogen-bond acceptors (Lipinski definition) is 16. The number of nitrogens with one attached hydrogen (secondary N) is 2. The van der Waals surface area contributed by atoms with Crippen LogP contribution in [0, 0.1) is 29.6 Å². The summed E-state index contributed by atoms with van der Waals surface area (Å²) in [5.74, 6) is 0.543. The molecule has 2 N–H and O–H groups in total. The summed E-state index contributed by atoms with van der Waals surface area (Å²) in [5.41, 5.74) is 2.05. The second-order valence-electron chi connectivity index (χ2n) is 10.8. The first-order chi connectivity index (χ1) is 24.9. The van der Waals surface area contributed by atoms with Gasteiger partial charge in [-0.05, 0) is 55.5 Å². The number of nitriles is 2. The summed E-state index contributed by atoms with van der Waals surface area (Å²) < 4.78 is 71.8.